The first kappa shape index (κ1) is 12.3. The molecule has 0 fully saturated rings. The second-order valence-electron chi connectivity index (χ2n) is 2.81. The van der Waals surface area contributed by atoms with Crippen molar-refractivity contribution in [2.24, 2.45) is 5.11 Å². The van der Waals surface area contributed by atoms with Crippen LogP contribution in [0.25, 0.3) is 10.4 Å². The molecule has 0 aliphatic heterocycles. The van der Waals surface area contributed by atoms with E-state index in [4.69, 9.17) is 5.53 Å². The Morgan fingerprint density at radius 3 is 2.31 bits per heavy atom. The average molecular weight is 237 g/mol. The summed E-state index contributed by atoms with van der Waals surface area (Å²) in [6.07, 6.45) is -4.96. The predicted molar refractivity (Wildman–Crippen MR) is 44.2 cm³/mol. The number of hydrogen-bond donors (Lipinski definition) is 0. The van der Waals surface area contributed by atoms with Gasteiger partial charge >= 0.3 is 6.18 Å². The van der Waals surface area contributed by atoms with E-state index in [2.05, 4.69) is 10.0 Å². The molecule has 0 saturated heterocycles. The van der Waals surface area contributed by atoms with Crippen molar-refractivity contribution < 1.29 is 22.0 Å². The molecule has 0 radical (unpaired) electrons. The van der Waals surface area contributed by atoms with Gasteiger partial charge in [0.1, 0.15) is 11.6 Å². The normalized spacial score (nSPS) is 11.1. The van der Waals surface area contributed by atoms with E-state index in [-0.39, 0.29) is 6.07 Å². The van der Waals surface area contributed by atoms with E-state index in [1.165, 1.54) is 0 Å². The molecule has 16 heavy (non-hydrogen) atoms. The van der Waals surface area contributed by atoms with Crippen LogP contribution in [0.2, 0.25) is 0 Å². The number of nitrogens with zero attached hydrogens (tertiary/aromatic N) is 3. The van der Waals surface area contributed by atoms with E-state index in [0.717, 1.165) is 0 Å². The lowest BCUT2D eigenvalue weighted by Crippen LogP contribution is -2.09. The minimum absolute atomic E-state index is 0.0392. The lowest BCUT2D eigenvalue weighted by atomic mass is 10.1. The molecule has 1 aromatic rings. The van der Waals surface area contributed by atoms with Gasteiger partial charge in [0, 0.05) is 4.91 Å². The Morgan fingerprint density at radius 2 is 1.81 bits per heavy atom. The quantitative estimate of drug-likeness (QED) is 0.325. The maximum atomic E-state index is 13.0. The molecule has 0 unspecified atom stereocenters. The average Bonchev–Trinajstić information content (AvgIpc) is 2.17. The topological polar surface area (TPSA) is 48.8 Å². The van der Waals surface area contributed by atoms with Gasteiger partial charge < -0.3 is 0 Å². The summed E-state index contributed by atoms with van der Waals surface area (Å²) in [6, 6.07) is 0.407. The Labute approximate surface area is 86.1 Å². The Kier molecular flexibility index (Phi) is 3.34. The van der Waals surface area contributed by atoms with Crippen LogP contribution in [0.1, 0.15) is 11.1 Å². The Morgan fingerprint density at radius 1 is 1.19 bits per heavy atom. The number of hydrogen-bond acceptors (Lipinski definition) is 1. The number of alkyl halides is 3. The van der Waals surface area contributed by atoms with Crippen molar-refractivity contribution in [1.82, 2.24) is 0 Å². The molecular formula is C8H4F5N3. The fraction of sp³-hybridized carbons (Fsp3) is 0.250. The van der Waals surface area contributed by atoms with E-state index in [0.29, 0.717) is 6.07 Å². The van der Waals surface area contributed by atoms with Gasteiger partial charge in [0.05, 0.1) is 12.1 Å². The molecule has 0 atom stereocenters. The SMILES string of the molecule is [N-]=[N+]=NCc1cc(F)c(C(F)(F)F)cc1F. The van der Waals surface area contributed by atoms with Crippen LogP contribution in [0.4, 0.5) is 22.0 Å². The van der Waals surface area contributed by atoms with Gasteiger partial charge in [-0.2, -0.15) is 13.2 Å². The second-order valence-corrected chi connectivity index (χ2v) is 2.81. The predicted octanol–water partition coefficient (Wildman–Crippen LogP) is 3.79. The second kappa shape index (κ2) is 4.36. The summed E-state index contributed by atoms with van der Waals surface area (Å²) < 4.78 is 62.3. The summed E-state index contributed by atoms with van der Waals surface area (Å²) in [5.74, 6) is -2.86. The molecular weight excluding hydrogens is 233 g/mol. The molecule has 0 heterocycles. The van der Waals surface area contributed by atoms with Crippen molar-refractivity contribution in [3.05, 3.63) is 45.3 Å². The van der Waals surface area contributed by atoms with Gasteiger partial charge in [-0.25, -0.2) is 8.78 Å². The van der Waals surface area contributed by atoms with Crippen molar-refractivity contribution in [1.29, 1.82) is 0 Å². The van der Waals surface area contributed by atoms with Crippen LogP contribution in [-0.2, 0) is 12.7 Å². The molecule has 8 heteroatoms. The fourth-order valence-corrected chi connectivity index (χ4v) is 1.03. The van der Waals surface area contributed by atoms with Crippen LogP contribution < -0.4 is 0 Å². The highest BCUT2D eigenvalue weighted by Gasteiger charge is 2.35. The molecule has 0 saturated carbocycles. The molecule has 0 aromatic heterocycles. The molecule has 86 valence electrons. The summed E-state index contributed by atoms with van der Waals surface area (Å²) >= 11 is 0. The summed E-state index contributed by atoms with van der Waals surface area (Å²) in [6.45, 7) is -0.544. The third-order valence-electron chi connectivity index (χ3n) is 1.75. The van der Waals surface area contributed by atoms with Crippen LogP contribution in [0.5, 0.6) is 0 Å². The standard InChI is InChI=1S/C8H4F5N3/c9-6-2-5(8(11,12)13)7(10)1-4(6)3-15-16-14/h1-2H,3H2. The smallest absolute Gasteiger partial charge is 0.207 e. The highest BCUT2D eigenvalue weighted by Crippen LogP contribution is 2.32. The molecule has 0 amide bonds. The van der Waals surface area contributed by atoms with E-state index in [1.807, 2.05) is 0 Å². The maximum Gasteiger partial charge on any atom is 0.419 e. The van der Waals surface area contributed by atoms with E-state index >= 15 is 0 Å². The summed E-state index contributed by atoms with van der Waals surface area (Å²) in [7, 11) is 0. The zero-order chi connectivity index (χ0) is 12.3. The fourth-order valence-electron chi connectivity index (χ4n) is 1.03. The Balaban J connectivity index is 3.21. The van der Waals surface area contributed by atoms with Crippen molar-refractivity contribution in [3.63, 3.8) is 0 Å². The lowest BCUT2D eigenvalue weighted by molar-refractivity contribution is -0.140. The van der Waals surface area contributed by atoms with E-state index in [1.54, 1.807) is 0 Å². The number of azide groups is 1. The number of benzene rings is 1. The van der Waals surface area contributed by atoms with Gasteiger partial charge in [-0.15, -0.1) is 0 Å². The molecule has 3 nitrogen and oxygen atoms in total. The van der Waals surface area contributed by atoms with Crippen LogP contribution in [0.3, 0.4) is 0 Å². The third kappa shape index (κ3) is 2.60. The molecule has 1 aromatic carbocycles. The first-order valence-electron chi connectivity index (χ1n) is 3.92. The van der Waals surface area contributed by atoms with Gasteiger partial charge in [0.15, 0.2) is 0 Å². The number of rotatable bonds is 2. The molecule has 0 aliphatic rings. The monoisotopic (exact) mass is 237 g/mol. The van der Waals surface area contributed by atoms with Crippen LogP contribution in [0.15, 0.2) is 17.2 Å². The Bertz CT molecular complexity index is 448. The molecule has 0 spiro atoms. The maximum absolute atomic E-state index is 13.0. The van der Waals surface area contributed by atoms with Crippen LogP contribution in [0, 0.1) is 11.6 Å². The largest absolute Gasteiger partial charge is 0.419 e. The molecule has 0 aliphatic carbocycles. The molecule has 1 rings (SSSR count). The van der Waals surface area contributed by atoms with Crippen molar-refractivity contribution in [3.8, 4) is 0 Å². The van der Waals surface area contributed by atoms with Crippen molar-refractivity contribution >= 4 is 0 Å². The summed E-state index contributed by atoms with van der Waals surface area (Å²) in [5, 5.41) is 2.93. The first-order chi connectivity index (χ1) is 7.36. The van der Waals surface area contributed by atoms with Gasteiger partial charge in [-0.3, -0.25) is 0 Å². The zero-order valence-corrected chi connectivity index (χ0v) is 7.59. The van der Waals surface area contributed by atoms with E-state index < -0.39 is 35.5 Å². The first-order valence-corrected chi connectivity index (χ1v) is 3.92. The van der Waals surface area contributed by atoms with Gasteiger partial charge in [0.25, 0.3) is 0 Å². The third-order valence-corrected chi connectivity index (χ3v) is 1.75. The van der Waals surface area contributed by atoms with E-state index in [9.17, 15) is 22.0 Å². The zero-order valence-electron chi connectivity index (χ0n) is 7.59. The van der Waals surface area contributed by atoms with Crippen LogP contribution >= 0.6 is 0 Å². The molecule has 0 N–H and O–H groups in total. The minimum atomic E-state index is -4.96. The number of halogens is 5. The van der Waals surface area contributed by atoms with Gasteiger partial charge in [-0.05, 0) is 23.2 Å². The van der Waals surface area contributed by atoms with Gasteiger partial charge in [-0.1, -0.05) is 5.11 Å². The lowest BCUT2D eigenvalue weighted by Gasteiger charge is -2.09. The Hall–Kier alpha value is -1.82. The summed E-state index contributed by atoms with van der Waals surface area (Å²) in [4.78, 5) is 2.29. The van der Waals surface area contributed by atoms with Crippen molar-refractivity contribution in [2.45, 2.75) is 12.7 Å². The van der Waals surface area contributed by atoms with Gasteiger partial charge in [0.2, 0.25) is 0 Å². The summed E-state index contributed by atoms with van der Waals surface area (Å²) in [5.41, 5.74) is 5.82. The van der Waals surface area contributed by atoms with Crippen molar-refractivity contribution in [2.75, 3.05) is 0 Å². The highest BCUT2D eigenvalue weighted by atomic mass is 19.4. The minimum Gasteiger partial charge on any atom is -0.207 e. The molecule has 0 bridgehead atoms. The van der Waals surface area contributed by atoms with Crippen LogP contribution in [-0.4, -0.2) is 0 Å². The highest BCUT2D eigenvalue weighted by molar-refractivity contribution is 5.28.